The minimum absolute atomic E-state index is 0.0232. The lowest BCUT2D eigenvalue weighted by Gasteiger charge is -2.10. The molecule has 14 heteroatoms. The number of hydrogen-bond donors (Lipinski definition) is 1. The predicted octanol–water partition coefficient (Wildman–Crippen LogP) is 6.28. The molecule has 0 aliphatic heterocycles. The van der Waals surface area contributed by atoms with Crippen LogP contribution in [0.4, 0.5) is 0 Å². The smallest absolute Gasteiger partial charge is 0.309 e. The summed E-state index contributed by atoms with van der Waals surface area (Å²) >= 11 is 0. The second kappa shape index (κ2) is 15.5. The number of esters is 1. The van der Waals surface area contributed by atoms with Crippen molar-refractivity contribution in [2.75, 3.05) is 34.8 Å². The number of ether oxygens (including phenoxy) is 1. The number of aliphatic carboxylic acids is 1. The van der Waals surface area contributed by atoms with Crippen LogP contribution in [0.1, 0.15) is 86.2 Å². The average molecular weight is 785 g/mol. The van der Waals surface area contributed by atoms with Gasteiger partial charge < -0.3 is 19.6 Å². The van der Waals surface area contributed by atoms with E-state index in [0.29, 0.717) is 35.7 Å². The van der Waals surface area contributed by atoms with Crippen LogP contribution >= 0.6 is 0 Å². The van der Waals surface area contributed by atoms with Gasteiger partial charge in [-0.3, -0.25) is 19.2 Å². The topological polar surface area (TPSA) is 165 Å². The highest BCUT2D eigenvalue weighted by Gasteiger charge is 2.45. The van der Waals surface area contributed by atoms with Crippen LogP contribution < -0.4 is 0 Å². The van der Waals surface area contributed by atoms with E-state index in [4.69, 9.17) is 14.9 Å². The fraction of sp³-hybridized carbons (Fsp3) is 0.364. The number of aryl methyl sites for hydroxylation is 4. The molecule has 4 aromatic heterocycles. The zero-order valence-corrected chi connectivity index (χ0v) is 34.3. The average Bonchev–Trinajstić information content (AvgIpc) is 4.08. The van der Waals surface area contributed by atoms with Gasteiger partial charge in [-0.2, -0.15) is 10.2 Å². The van der Waals surface area contributed by atoms with Crippen molar-refractivity contribution in [3.8, 4) is 22.5 Å². The van der Waals surface area contributed by atoms with Gasteiger partial charge >= 0.3 is 11.9 Å². The van der Waals surface area contributed by atoms with E-state index in [2.05, 4.69) is 27.2 Å². The number of amides is 2. The highest BCUT2D eigenvalue weighted by atomic mass is 16.5. The van der Waals surface area contributed by atoms with E-state index < -0.39 is 5.97 Å². The Balaban J connectivity index is 0.000000177. The maximum absolute atomic E-state index is 12.3. The standard InChI is InChI=1S/C23H26N4O3.C21H22N4O3/c1-6-30-23(29)18-11-17(18)15-7-8-16(13(2)9-15)19-12-21-24-20(22(28)26(4)5)10-14(3)27(21)25-19;1-11-7-13(15-9-16(15)21(27)28)5-6-14(11)17-10-19-22-18(20(26)24(3)4)8-12(2)25(19)23-17/h7-10,12,17-18H,6,11H2,1-5H3;5-8,10,15-16H,9H2,1-4H3,(H,27,28). The Morgan fingerprint density at radius 2 is 1.10 bits per heavy atom. The normalized spacial score (nSPS) is 18.0. The van der Waals surface area contributed by atoms with Gasteiger partial charge in [0.2, 0.25) is 0 Å². The van der Waals surface area contributed by atoms with E-state index in [1.54, 1.807) is 49.4 Å². The van der Waals surface area contributed by atoms with Crippen LogP contribution in [0.3, 0.4) is 0 Å². The van der Waals surface area contributed by atoms with Gasteiger partial charge in [0.25, 0.3) is 11.8 Å². The number of benzene rings is 2. The number of aromatic nitrogens is 6. The van der Waals surface area contributed by atoms with Crippen molar-refractivity contribution in [1.29, 1.82) is 0 Å². The zero-order chi connectivity index (χ0) is 41.7. The Kier molecular flexibility index (Phi) is 10.6. The van der Waals surface area contributed by atoms with Gasteiger partial charge in [-0.15, -0.1) is 0 Å². The molecule has 2 saturated carbocycles. The molecule has 4 atom stereocenters. The summed E-state index contributed by atoms with van der Waals surface area (Å²) in [5.41, 5.74) is 11.7. The number of rotatable bonds is 9. The van der Waals surface area contributed by atoms with E-state index >= 15 is 0 Å². The highest BCUT2D eigenvalue weighted by Crippen LogP contribution is 2.49. The first-order valence-electron chi connectivity index (χ1n) is 19.4. The van der Waals surface area contributed by atoms with Crippen molar-refractivity contribution < 1.29 is 29.0 Å². The van der Waals surface area contributed by atoms with Crippen LogP contribution in [0.5, 0.6) is 0 Å². The Bertz CT molecular complexity index is 2620. The fourth-order valence-corrected chi connectivity index (χ4v) is 7.51. The maximum atomic E-state index is 12.3. The van der Waals surface area contributed by atoms with Crippen molar-refractivity contribution in [3.05, 3.63) is 106 Å². The minimum Gasteiger partial charge on any atom is -0.481 e. The van der Waals surface area contributed by atoms with Crippen LogP contribution in [0.2, 0.25) is 0 Å². The molecular formula is C44H48N8O6. The predicted molar refractivity (Wildman–Crippen MR) is 218 cm³/mol. The second-order valence-electron chi connectivity index (χ2n) is 15.7. The van der Waals surface area contributed by atoms with Crippen molar-refractivity contribution in [2.45, 2.75) is 59.3 Å². The summed E-state index contributed by atoms with van der Waals surface area (Å²) in [4.78, 5) is 59.6. The van der Waals surface area contributed by atoms with Crippen molar-refractivity contribution in [1.82, 2.24) is 39.0 Å². The highest BCUT2D eigenvalue weighted by molar-refractivity contribution is 5.93. The van der Waals surface area contributed by atoms with Crippen molar-refractivity contribution >= 4 is 35.0 Å². The summed E-state index contributed by atoms with van der Waals surface area (Å²) in [6.45, 7) is 10.1. The number of nitrogens with zero attached hydrogens (tertiary/aromatic N) is 8. The third-order valence-corrected chi connectivity index (χ3v) is 10.9. The number of fused-ring (bicyclic) bond motifs is 2. The molecule has 58 heavy (non-hydrogen) atoms. The van der Waals surface area contributed by atoms with Crippen LogP contribution in [-0.2, 0) is 14.3 Å². The SMILES string of the molecule is CCOC(=O)C1CC1c1ccc(-c2cc3nc(C(=O)N(C)C)cc(C)n3n2)c(C)c1.Cc1cc(C2CC2C(=O)O)ccc1-c1cc2nc(C(=O)N(C)C)cc(C)n2n1. The van der Waals surface area contributed by atoms with Gasteiger partial charge in [0.15, 0.2) is 11.3 Å². The van der Waals surface area contributed by atoms with E-state index in [0.717, 1.165) is 62.6 Å². The third-order valence-electron chi connectivity index (χ3n) is 10.9. The largest absolute Gasteiger partial charge is 0.481 e. The maximum Gasteiger partial charge on any atom is 0.309 e. The van der Waals surface area contributed by atoms with Gasteiger partial charge in [0, 0.05) is 62.8 Å². The molecule has 0 spiro atoms. The molecule has 2 aliphatic rings. The number of hydrogen-bond acceptors (Lipinski definition) is 9. The Morgan fingerprint density at radius 1 is 0.672 bits per heavy atom. The summed E-state index contributed by atoms with van der Waals surface area (Å²) in [6, 6.07) is 19.5. The summed E-state index contributed by atoms with van der Waals surface area (Å²) in [7, 11) is 6.82. The summed E-state index contributed by atoms with van der Waals surface area (Å²) in [5.74, 6) is -1.05. The lowest BCUT2D eigenvalue weighted by Crippen LogP contribution is -2.23. The van der Waals surface area contributed by atoms with Gasteiger partial charge in [-0.05, 0) is 93.7 Å². The number of carbonyl (C=O) groups excluding carboxylic acids is 3. The molecule has 0 saturated heterocycles. The lowest BCUT2D eigenvalue weighted by atomic mass is 10.00. The molecule has 14 nitrogen and oxygen atoms in total. The quantitative estimate of drug-likeness (QED) is 0.165. The monoisotopic (exact) mass is 784 g/mol. The minimum atomic E-state index is -0.725. The zero-order valence-electron chi connectivity index (χ0n) is 34.3. The first-order valence-corrected chi connectivity index (χ1v) is 19.4. The Labute approximate surface area is 336 Å². The Morgan fingerprint density at radius 3 is 1.48 bits per heavy atom. The summed E-state index contributed by atoms with van der Waals surface area (Å²) < 4.78 is 8.63. The molecular weight excluding hydrogens is 737 g/mol. The lowest BCUT2D eigenvalue weighted by molar-refractivity contribution is -0.144. The van der Waals surface area contributed by atoms with Crippen LogP contribution in [0.25, 0.3) is 33.8 Å². The Hall–Kier alpha value is -6.44. The molecule has 4 heterocycles. The van der Waals surface area contributed by atoms with E-state index in [-0.39, 0.29) is 41.5 Å². The molecule has 300 valence electrons. The van der Waals surface area contributed by atoms with Crippen LogP contribution in [0, 0.1) is 39.5 Å². The molecule has 6 aromatic rings. The number of carbonyl (C=O) groups is 4. The molecule has 0 radical (unpaired) electrons. The fourth-order valence-electron chi connectivity index (χ4n) is 7.51. The molecule has 2 aliphatic carbocycles. The van der Waals surface area contributed by atoms with E-state index in [1.165, 1.54) is 9.80 Å². The summed E-state index contributed by atoms with van der Waals surface area (Å²) in [6.07, 6.45) is 1.55. The van der Waals surface area contributed by atoms with Crippen molar-refractivity contribution in [3.63, 3.8) is 0 Å². The van der Waals surface area contributed by atoms with Gasteiger partial charge in [0.05, 0.1) is 29.8 Å². The van der Waals surface area contributed by atoms with E-state index in [9.17, 15) is 19.2 Å². The molecule has 1 N–H and O–H groups in total. The molecule has 4 unspecified atom stereocenters. The van der Waals surface area contributed by atoms with Gasteiger partial charge in [-0.25, -0.2) is 19.0 Å². The van der Waals surface area contributed by atoms with Crippen LogP contribution in [0.15, 0.2) is 60.7 Å². The molecule has 0 bridgehead atoms. The van der Waals surface area contributed by atoms with E-state index in [1.807, 2.05) is 71.0 Å². The van der Waals surface area contributed by atoms with Crippen molar-refractivity contribution in [2.24, 2.45) is 11.8 Å². The van der Waals surface area contributed by atoms with Gasteiger partial charge in [-0.1, -0.05) is 36.4 Å². The molecule has 2 fully saturated rings. The number of carboxylic acid groups (broad SMARTS) is 1. The molecule has 2 amide bonds. The third kappa shape index (κ3) is 7.78. The number of carboxylic acids is 1. The second-order valence-corrected chi connectivity index (χ2v) is 15.7. The first kappa shape index (κ1) is 39.8. The van der Waals surface area contributed by atoms with Gasteiger partial charge in [0.1, 0.15) is 11.4 Å². The molecule has 8 rings (SSSR count). The van der Waals surface area contributed by atoms with Crippen LogP contribution in [-0.4, -0.2) is 103 Å². The first-order chi connectivity index (χ1) is 27.6. The molecule has 2 aromatic carbocycles. The summed E-state index contributed by atoms with van der Waals surface area (Å²) in [5, 5.41) is 18.5.